The van der Waals surface area contributed by atoms with Crippen molar-refractivity contribution in [1.29, 1.82) is 0 Å². The Morgan fingerprint density at radius 3 is 2.67 bits per heavy atom. The van der Waals surface area contributed by atoms with E-state index in [1.165, 1.54) is 5.56 Å². The van der Waals surface area contributed by atoms with Gasteiger partial charge in [0.15, 0.2) is 0 Å². The molecule has 2 rings (SSSR count). The summed E-state index contributed by atoms with van der Waals surface area (Å²) < 4.78 is 0. The van der Waals surface area contributed by atoms with Crippen LogP contribution in [0.4, 0.5) is 0 Å². The lowest BCUT2D eigenvalue weighted by Crippen LogP contribution is -2.40. The Hall–Kier alpha value is -1.49. The fraction of sp³-hybridized carbons (Fsp3) is 0.500. The predicted octanol–water partition coefficient (Wildman–Crippen LogP) is 2.34. The van der Waals surface area contributed by atoms with Gasteiger partial charge in [-0.05, 0) is 18.4 Å². The first-order chi connectivity index (χ1) is 9.97. The summed E-state index contributed by atoms with van der Waals surface area (Å²) in [6, 6.07) is 8.14. The number of thioether (sulfide) groups is 1. The number of carbonyl (C=O) groups excluding carboxylic acids is 2. The van der Waals surface area contributed by atoms with Crippen molar-refractivity contribution in [3.8, 4) is 0 Å². The minimum atomic E-state index is -0.0864. The lowest BCUT2D eigenvalue weighted by Gasteiger charge is -2.24. The van der Waals surface area contributed by atoms with Crippen LogP contribution in [0.3, 0.4) is 0 Å². The van der Waals surface area contributed by atoms with Gasteiger partial charge in [-0.1, -0.05) is 43.7 Å². The van der Waals surface area contributed by atoms with Crippen LogP contribution in [0, 0.1) is 12.8 Å². The van der Waals surface area contributed by atoms with Crippen molar-refractivity contribution in [1.82, 2.24) is 10.2 Å². The van der Waals surface area contributed by atoms with E-state index >= 15 is 0 Å². The molecular weight excluding hydrogens is 284 g/mol. The first-order valence-electron chi connectivity index (χ1n) is 7.21. The van der Waals surface area contributed by atoms with Crippen molar-refractivity contribution in [3.63, 3.8) is 0 Å². The smallest absolute Gasteiger partial charge is 0.239 e. The molecule has 1 fully saturated rings. The van der Waals surface area contributed by atoms with Crippen LogP contribution in [0.1, 0.15) is 30.3 Å². The Bertz CT molecular complexity index is 514. The van der Waals surface area contributed by atoms with Gasteiger partial charge < -0.3 is 10.2 Å². The number of hydrogen-bond donors (Lipinski definition) is 1. The molecule has 5 heteroatoms. The molecule has 1 saturated heterocycles. The Morgan fingerprint density at radius 1 is 1.38 bits per heavy atom. The molecule has 0 unspecified atom stereocenters. The zero-order chi connectivity index (χ0) is 15.4. The van der Waals surface area contributed by atoms with Gasteiger partial charge in [0.25, 0.3) is 0 Å². The first kappa shape index (κ1) is 15.9. The van der Waals surface area contributed by atoms with E-state index in [4.69, 9.17) is 0 Å². The highest BCUT2D eigenvalue weighted by Crippen LogP contribution is 2.38. The Balaban J connectivity index is 2.03. The highest BCUT2D eigenvalue weighted by Gasteiger charge is 2.33. The summed E-state index contributed by atoms with van der Waals surface area (Å²) in [5.41, 5.74) is 2.27. The van der Waals surface area contributed by atoms with Gasteiger partial charge >= 0.3 is 0 Å². The molecule has 1 aliphatic rings. The lowest BCUT2D eigenvalue weighted by atomic mass is 10.1. The number of hydrogen-bond acceptors (Lipinski definition) is 3. The second-order valence-corrected chi connectivity index (χ2v) is 6.86. The third kappa shape index (κ3) is 4.24. The van der Waals surface area contributed by atoms with Crippen LogP contribution in [0.5, 0.6) is 0 Å². The van der Waals surface area contributed by atoms with Crippen molar-refractivity contribution in [3.05, 3.63) is 35.4 Å². The molecule has 0 saturated carbocycles. The highest BCUT2D eigenvalue weighted by atomic mass is 32.2. The summed E-state index contributed by atoms with van der Waals surface area (Å²) in [4.78, 5) is 25.7. The molecule has 1 N–H and O–H groups in total. The van der Waals surface area contributed by atoms with Crippen LogP contribution in [0.25, 0.3) is 0 Å². The van der Waals surface area contributed by atoms with E-state index in [1.54, 1.807) is 16.7 Å². The van der Waals surface area contributed by atoms with E-state index in [0.29, 0.717) is 18.2 Å². The zero-order valence-corrected chi connectivity index (χ0v) is 13.6. The average molecular weight is 306 g/mol. The fourth-order valence-electron chi connectivity index (χ4n) is 2.16. The van der Waals surface area contributed by atoms with Gasteiger partial charge in [0.05, 0.1) is 5.75 Å². The van der Waals surface area contributed by atoms with Crippen LogP contribution >= 0.6 is 11.8 Å². The molecule has 0 bridgehead atoms. The van der Waals surface area contributed by atoms with Crippen LogP contribution in [0.2, 0.25) is 0 Å². The minimum absolute atomic E-state index is 0.0327. The molecule has 1 aliphatic heterocycles. The quantitative estimate of drug-likeness (QED) is 0.908. The SMILES string of the molecule is Cc1ccc([C@H]2SCC(=O)N2CC(=O)NCC(C)C)cc1. The number of benzene rings is 1. The van der Waals surface area contributed by atoms with E-state index in [9.17, 15) is 9.59 Å². The molecule has 1 heterocycles. The molecule has 1 aromatic rings. The number of aryl methyl sites for hydroxylation is 1. The van der Waals surface area contributed by atoms with Gasteiger partial charge in [-0.2, -0.15) is 0 Å². The molecule has 21 heavy (non-hydrogen) atoms. The third-order valence-corrected chi connectivity index (χ3v) is 4.61. The Kier molecular flexibility index (Phi) is 5.28. The summed E-state index contributed by atoms with van der Waals surface area (Å²) in [7, 11) is 0. The molecule has 0 spiro atoms. The second kappa shape index (κ2) is 6.98. The van der Waals surface area contributed by atoms with E-state index in [0.717, 1.165) is 5.56 Å². The average Bonchev–Trinajstić information content (AvgIpc) is 2.79. The summed E-state index contributed by atoms with van der Waals surface area (Å²) in [6.07, 6.45) is 0. The van der Waals surface area contributed by atoms with Gasteiger partial charge in [0.2, 0.25) is 11.8 Å². The van der Waals surface area contributed by atoms with Crippen molar-refractivity contribution >= 4 is 23.6 Å². The topological polar surface area (TPSA) is 49.4 Å². The van der Waals surface area contributed by atoms with Crippen LogP contribution in [-0.2, 0) is 9.59 Å². The van der Waals surface area contributed by atoms with Crippen LogP contribution in [0.15, 0.2) is 24.3 Å². The van der Waals surface area contributed by atoms with Gasteiger partial charge in [0, 0.05) is 6.54 Å². The molecule has 0 radical (unpaired) electrons. The molecule has 0 aliphatic carbocycles. The number of nitrogens with one attached hydrogen (secondary N) is 1. The van der Waals surface area contributed by atoms with Crippen molar-refractivity contribution in [2.24, 2.45) is 5.92 Å². The van der Waals surface area contributed by atoms with Crippen molar-refractivity contribution in [2.75, 3.05) is 18.8 Å². The zero-order valence-electron chi connectivity index (χ0n) is 12.8. The van der Waals surface area contributed by atoms with E-state index in [1.807, 2.05) is 45.0 Å². The number of carbonyl (C=O) groups is 2. The highest BCUT2D eigenvalue weighted by molar-refractivity contribution is 8.00. The van der Waals surface area contributed by atoms with Crippen molar-refractivity contribution < 1.29 is 9.59 Å². The number of amides is 2. The first-order valence-corrected chi connectivity index (χ1v) is 8.26. The van der Waals surface area contributed by atoms with Gasteiger partial charge in [-0.25, -0.2) is 0 Å². The molecule has 1 atom stereocenters. The van der Waals surface area contributed by atoms with Gasteiger partial charge in [0.1, 0.15) is 11.9 Å². The minimum Gasteiger partial charge on any atom is -0.354 e. The van der Waals surface area contributed by atoms with E-state index < -0.39 is 0 Å². The molecular formula is C16H22N2O2S. The fourth-order valence-corrected chi connectivity index (χ4v) is 3.35. The number of nitrogens with zero attached hydrogens (tertiary/aromatic N) is 1. The Labute approximate surface area is 130 Å². The summed E-state index contributed by atoms with van der Waals surface area (Å²) in [5, 5.41) is 2.82. The summed E-state index contributed by atoms with van der Waals surface area (Å²) in [6.45, 7) is 6.91. The number of rotatable bonds is 5. The summed E-state index contributed by atoms with van der Waals surface area (Å²) in [5.74, 6) is 0.795. The van der Waals surface area contributed by atoms with Crippen LogP contribution in [-0.4, -0.2) is 35.6 Å². The second-order valence-electron chi connectivity index (χ2n) is 5.79. The predicted molar refractivity (Wildman–Crippen MR) is 85.9 cm³/mol. The normalized spacial score (nSPS) is 18.4. The summed E-state index contributed by atoms with van der Waals surface area (Å²) >= 11 is 1.58. The standard InChI is InChI=1S/C16H22N2O2S/c1-11(2)8-17-14(19)9-18-15(20)10-21-16(18)13-6-4-12(3)5-7-13/h4-7,11,16H,8-10H2,1-3H3,(H,17,19)/t16-/m1/s1. The third-order valence-electron chi connectivity index (χ3n) is 3.35. The molecule has 114 valence electrons. The lowest BCUT2D eigenvalue weighted by molar-refractivity contribution is -0.133. The maximum atomic E-state index is 12.0. The van der Waals surface area contributed by atoms with Gasteiger partial charge in [-0.15, -0.1) is 11.8 Å². The molecule has 0 aromatic heterocycles. The van der Waals surface area contributed by atoms with Crippen LogP contribution < -0.4 is 5.32 Å². The molecule has 2 amide bonds. The monoisotopic (exact) mass is 306 g/mol. The van der Waals surface area contributed by atoms with Crippen molar-refractivity contribution in [2.45, 2.75) is 26.1 Å². The van der Waals surface area contributed by atoms with E-state index in [-0.39, 0.29) is 23.7 Å². The van der Waals surface area contributed by atoms with Gasteiger partial charge in [-0.3, -0.25) is 9.59 Å². The maximum absolute atomic E-state index is 12.0. The molecule has 1 aromatic carbocycles. The molecule has 4 nitrogen and oxygen atoms in total. The van der Waals surface area contributed by atoms with E-state index in [2.05, 4.69) is 5.32 Å². The Morgan fingerprint density at radius 2 is 2.05 bits per heavy atom. The largest absolute Gasteiger partial charge is 0.354 e. The maximum Gasteiger partial charge on any atom is 0.239 e.